The third-order valence-corrected chi connectivity index (χ3v) is 7.55. The van der Waals surface area contributed by atoms with Gasteiger partial charge in [-0.25, -0.2) is 0 Å². The van der Waals surface area contributed by atoms with E-state index in [-0.39, 0.29) is 23.4 Å². The fourth-order valence-electron chi connectivity index (χ4n) is 5.54. The minimum absolute atomic E-state index is 0.0885. The summed E-state index contributed by atoms with van der Waals surface area (Å²) in [7, 11) is 3.56. The SMILES string of the molecule is COCCC1CNC(C(c2ccccc2)c2ccccc2)C1NCc1cc(C(C)(C)C)ccc1OC. The van der Waals surface area contributed by atoms with Gasteiger partial charge in [0.05, 0.1) is 7.11 Å². The highest BCUT2D eigenvalue weighted by Crippen LogP contribution is 2.35. The van der Waals surface area contributed by atoms with E-state index in [2.05, 4.69) is 110 Å². The molecule has 3 unspecified atom stereocenters. The van der Waals surface area contributed by atoms with Gasteiger partial charge in [0.15, 0.2) is 0 Å². The van der Waals surface area contributed by atoms with Crippen LogP contribution in [0.25, 0.3) is 0 Å². The van der Waals surface area contributed by atoms with Crippen molar-refractivity contribution in [2.45, 2.75) is 57.2 Å². The Bertz CT molecular complexity index is 1040. The molecule has 4 nitrogen and oxygen atoms in total. The molecule has 0 aromatic heterocycles. The van der Waals surface area contributed by atoms with E-state index in [9.17, 15) is 0 Å². The zero-order chi connectivity index (χ0) is 25.5. The number of hydrogen-bond acceptors (Lipinski definition) is 4. The minimum atomic E-state index is 0.0885. The van der Waals surface area contributed by atoms with Gasteiger partial charge in [0.25, 0.3) is 0 Å². The fourth-order valence-corrected chi connectivity index (χ4v) is 5.54. The van der Waals surface area contributed by atoms with Crippen molar-refractivity contribution >= 4 is 0 Å². The van der Waals surface area contributed by atoms with Crippen molar-refractivity contribution in [1.82, 2.24) is 10.6 Å². The second kappa shape index (κ2) is 12.1. The van der Waals surface area contributed by atoms with E-state index in [0.29, 0.717) is 5.92 Å². The van der Waals surface area contributed by atoms with Crippen LogP contribution < -0.4 is 15.4 Å². The van der Waals surface area contributed by atoms with Crippen molar-refractivity contribution in [2.75, 3.05) is 27.4 Å². The highest BCUT2D eigenvalue weighted by atomic mass is 16.5. The molecule has 2 N–H and O–H groups in total. The van der Waals surface area contributed by atoms with Crippen molar-refractivity contribution in [3.63, 3.8) is 0 Å². The molecule has 3 aromatic carbocycles. The molecular weight excluding hydrogens is 444 g/mol. The largest absolute Gasteiger partial charge is 0.496 e. The molecule has 1 aliphatic heterocycles. The quantitative estimate of drug-likeness (QED) is 0.374. The van der Waals surface area contributed by atoms with Crippen LogP contribution in [0.4, 0.5) is 0 Å². The van der Waals surface area contributed by atoms with Crippen LogP contribution in [0.3, 0.4) is 0 Å². The average Bonchev–Trinajstić information content (AvgIpc) is 3.29. The van der Waals surface area contributed by atoms with Crippen LogP contribution in [-0.4, -0.2) is 39.5 Å². The summed E-state index contributed by atoms with van der Waals surface area (Å²) in [5, 5.41) is 7.90. The number of ether oxygens (including phenoxy) is 2. The van der Waals surface area contributed by atoms with Crippen LogP contribution in [0.15, 0.2) is 78.9 Å². The standard InChI is InChI=1S/C32H42N2O2/c1-32(2,3)27-16-17-28(36-5)26(20-27)22-33-30-25(18-19-35-4)21-34-31(30)29(23-12-8-6-9-13-23)24-14-10-7-11-15-24/h6-17,20,25,29-31,33-34H,18-19,21-22H2,1-5H3. The maximum absolute atomic E-state index is 5.76. The summed E-state index contributed by atoms with van der Waals surface area (Å²) in [4.78, 5) is 0. The first kappa shape index (κ1) is 26.4. The molecule has 4 rings (SSSR count). The Morgan fingerprint density at radius 1 is 0.917 bits per heavy atom. The topological polar surface area (TPSA) is 42.5 Å². The molecule has 0 spiro atoms. The Morgan fingerprint density at radius 2 is 1.56 bits per heavy atom. The zero-order valence-corrected chi connectivity index (χ0v) is 22.5. The fraction of sp³-hybridized carbons (Fsp3) is 0.438. The molecular formula is C32H42N2O2. The predicted octanol–water partition coefficient (Wildman–Crippen LogP) is 5.91. The molecule has 0 bridgehead atoms. The number of hydrogen-bond donors (Lipinski definition) is 2. The molecule has 1 heterocycles. The minimum Gasteiger partial charge on any atom is -0.496 e. The second-order valence-electron chi connectivity index (χ2n) is 11.0. The Balaban J connectivity index is 1.66. The van der Waals surface area contributed by atoms with Crippen molar-refractivity contribution in [1.29, 1.82) is 0 Å². The van der Waals surface area contributed by atoms with Gasteiger partial charge in [0.2, 0.25) is 0 Å². The van der Waals surface area contributed by atoms with Crippen LogP contribution in [-0.2, 0) is 16.7 Å². The lowest BCUT2D eigenvalue weighted by atomic mass is 9.80. The second-order valence-corrected chi connectivity index (χ2v) is 11.0. The van der Waals surface area contributed by atoms with Gasteiger partial charge in [-0.05, 0) is 47.1 Å². The lowest BCUT2D eigenvalue weighted by Crippen LogP contribution is -2.46. The molecule has 192 valence electrons. The predicted molar refractivity (Wildman–Crippen MR) is 149 cm³/mol. The van der Waals surface area contributed by atoms with Gasteiger partial charge in [0, 0.05) is 43.8 Å². The van der Waals surface area contributed by atoms with Gasteiger partial charge < -0.3 is 20.1 Å². The molecule has 1 aliphatic rings. The van der Waals surface area contributed by atoms with Gasteiger partial charge in [0.1, 0.15) is 5.75 Å². The molecule has 1 fully saturated rings. The third-order valence-electron chi connectivity index (χ3n) is 7.55. The van der Waals surface area contributed by atoms with Crippen molar-refractivity contribution in [3.8, 4) is 5.75 Å². The van der Waals surface area contributed by atoms with Crippen molar-refractivity contribution < 1.29 is 9.47 Å². The highest BCUT2D eigenvalue weighted by molar-refractivity contribution is 5.40. The van der Waals surface area contributed by atoms with Crippen LogP contribution in [0.5, 0.6) is 5.75 Å². The summed E-state index contributed by atoms with van der Waals surface area (Å²) in [5.74, 6) is 1.66. The summed E-state index contributed by atoms with van der Waals surface area (Å²) in [6.07, 6.45) is 1.02. The first-order valence-electron chi connectivity index (χ1n) is 13.2. The average molecular weight is 487 g/mol. The summed E-state index contributed by atoms with van der Waals surface area (Å²) < 4.78 is 11.3. The van der Waals surface area contributed by atoms with Crippen LogP contribution in [0, 0.1) is 5.92 Å². The van der Waals surface area contributed by atoms with Crippen molar-refractivity contribution in [3.05, 3.63) is 101 Å². The first-order valence-corrected chi connectivity index (χ1v) is 13.2. The van der Waals surface area contributed by atoms with Gasteiger partial charge in [-0.2, -0.15) is 0 Å². The van der Waals surface area contributed by atoms with Gasteiger partial charge in [-0.3, -0.25) is 0 Å². The Labute approximate surface area is 217 Å². The first-order chi connectivity index (χ1) is 17.4. The highest BCUT2D eigenvalue weighted by Gasteiger charge is 2.40. The molecule has 4 heteroatoms. The van der Waals surface area contributed by atoms with E-state index in [0.717, 1.165) is 31.9 Å². The van der Waals surface area contributed by atoms with E-state index in [1.807, 2.05) is 0 Å². The molecule has 36 heavy (non-hydrogen) atoms. The smallest absolute Gasteiger partial charge is 0.123 e. The zero-order valence-electron chi connectivity index (χ0n) is 22.5. The molecule has 0 saturated carbocycles. The van der Waals surface area contributed by atoms with Crippen LogP contribution >= 0.6 is 0 Å². The number of benzene rings is 3. The lowest BCUT2D eigenvalue weighted by molar-refractivity contribution is 0.172. The lowest BCUT2D eigenvalue weighted by Gasteiger charge is -2.33. The van der Waals surface area contributed by atoms with Gasteiger partial charge in [-0.15, -0.1) is 0 Å². The Morgan fingerprint density at radius 3 is 2.11 bits per heavy atom. The number of nitrogens with one attached hydrogen (secondary N) is 2. The number of methoxy groups -OCH3 is 2. The summed E-state index contributed by atoms with van der Waals surface area (Å²) >= 11 is 0. The summed E-state index contributed by atoms with van der Waals surface area (Å²) in [5.41, 5.74) is 5.30. The van der Waals surface area contributed by atoms with E-state index in [1.165, 1.54) is 22.3 Å². The van der Waals surface area contributed by atoms with Gasteiger partial charge in [-0.1, -0.05) is 93.6 Å². The van der Waals surface area contributed by atoms with E-state index in [4.69, 9.17) is 9.47 Å². The molecule has 0 radical (unpaired) electrons. The van der Waals surface area contributed by atoms with E-state index in [1.54, 1.807) is 14.2 Å². The van der Waals surface area contributed by atoms with Crippen LogP contribution in [0.1, 0.15) is 55.4 Å². The van der Waals surface area contributed by atoms with Gasteiger partial charge >= 0.3 is 0 Å². The monoisotopic (exact) mass is 486 g/mol. The maximum atomic E-state index is 5.76. The molecule has 0 aliphatic carbocycles. The van der Waals surface area contributed by atoms with E-state index < -0.39 is 0 Å². The Kier molecular flexibility index (Phi) is 8.84. The molecule has 0 amide bonds. The Hall–Kier alpha value is -2.66. The van der Waals surface area contributed by atoms with Crippen LogP contribution in [0.2, 0.25) is 0 Å². The molecule has 1 saturated heterocycles. The molecule has 3 atom stereocenters. The number of rotatable bonds is 10. The summed E-state index contributed by atoms with van der Waals surface area (Å²) in [6.45, 7) is 9.27. The summed E-state index contributed by atoms with van der Waals surface area (Å²) in [6, 6.07) is 29.0. The molecule has 3 aromatic rings. The normalized spacial score (nSPS) is 20.1. The van der Waals surface area contributed by atoms with Crippen molar-refractivity contribution in [2.24, 2.45) is 5.92 Å². The maximum Gasteiger partial charge on any atom is 0.123 e. The third kappa shape index (κ3) is 6.18. The van der Waals surface area contributed by atoms with E-state index >= 15 is 0 Å².